The third kappa shape index (κ3) is 4.29. The van der Waals surface area contributed by atoms with E-state index in [1.807, 2.05) is 29.2 Å². The molecule has 26 heavy (non-hydrogen) atoms. The minimum atomic E-state index is -3.50. The SMILES string of the molecule is COc1cccc(NC(=S)N2CCN(S(=O)(=O)c3ccc(Cl)s3)CC2)c1. The van der Waals surface area contributed by atoms with Crippen molar-refractivity contribution < 1.29 is 13.2 Å². The molecule has 1 aromatic heterocycles. The van der Waals surface area contributed by atoms with Gasteiger partial charge in [-0.2, -0.15) is 4.31 Å². The van der Waals surface area contributed by atoms with Gasteiger partial charge in [-0.25, -0.2) is 8.42 Å². The Hall–Kier alpha value is -1.39. The van der Waals surface area contributed by atoms with Crippen LogP contribution in [0.15, 0.2) is 40.6 Å². The fourth-order valence-corrected chi connectivity index (χ4v) is 5.96. The number of nitrogens with zero attached hydrogens (tertiary/aromatic N) is 2. The highest BCUT2D eigenvalue weighted by Crippen LogP contribution is 2.28. The number of ether oxygens (including phenoxy) is 1. The minimum Gasteiger partial charge on any atom is -0.497 e. The minimum absolute atomic E-state index is 0.271. The highest BCUT2D eigenvalue weighted by atomic mass is 35.5. The predicted octanol–water partition coefficient (Wildman–Crippen LogP) is 3.11. The average Bonchev–Trinajstić information content (AvgIpc) is 3.09. The Morgan fingerprint density at radius 2 is 1.96 bits per heavy atom. The number of thiophene rings is 1. The number of anilines is 1. The molecule has 0 atom stereocenters. The average molecular weight is 432 g/mol. The van der Waals surface area contributed by atoms with Gasteiger partial charge in [0.05, 0.1) is 11.4 Å². The fourth-order valence-electron chi connectivity index (χ4n) is 2.60. The van der Waals surface area contributed by atoms with Crippen molar-refractivity contribution in [2.75, 3.05) is 38.6 Å². The van der Waals surface area contributed by atoms with Gasteiger partial charge in [0.25, 0.3) is 10.0 Å². The van der Waals surface area contributed by atoms with E-state index in [0.717, 1.165) is 22.8 Å². The van der Waals surface area contributed by atoms with E-state index in [-0.39, 0.29) is 4.21 Å². The maximum Gasteiger partial charge on any atom is 0.252 e. The number of hydrogen-bond acceptors (Lipinski definition) is 5. The Morgan fingerprint density at radius 3 is 2.58 bits per heavy atom. The van der Waals surface area contributed by atoms with Crippen molar-refractivity contribution in [2.24, 2.45) is 0 Å². The summed E-state index contributed by atoms with van der Waals surface area (Å²) < 4.78 is 32.7. The first-order valence-corrected chi connectivity index (χ1v) is 10.9. The number of piperazine rings is 1. The molecular weight excluding hydrogens is 414 g/mol. The smallest absolute Gasteiger partial charge is 0.252 e. The van der Waals surface area contributed by atoms with Crippen LogP contribution in [0.25, 0.3) is 0 Å². The van der Waals surface area contributed by atoms with Gasteiger partial charge in [0, 0.05) is 37.9 Å². The van der Waals surface area contributed by atoms with Crippen LogP contribution in [0.3, 0.4) is 0 Å². The van der Waals surface area contributed by atoms with Crippen LogP contribution in [-0.4, -0.2) is 56.0 Å². The number of nitrogens with one attached hydrogen (secondary N) is 1. The summed E-state index contributed by atoms with van der Waals surface area (Å²) in [6.07, 6.45) is 0. The summed E-state index contributed by atoms with van der Waals surface area (Å²) in [7, 11) is -1.89. The number of halogens is 1. The highest BCUT2D eigenvalue weighted by Gasteiger charge is 2.30. The molecule has 1 fully saturated rings. The monoisotopic (exact) mass is 431 g/mol. The molecule has 1 saturated heterocycles. The standard InChI is InChI=1S/C16H18ClN3O3S3/c1-23-13-4-2-3-12(11-13)18-16(24)19-7-9-20(10-8-19)26(21,22)15-6-5-14(17)25-15/h2-6,11H,7-10H2,1H3,(H,18,24). The molecule has 0 bridgehead atoms. The van der Waals surface area contributed by atoms with Crippen LogP contribution in [0.4, 0.5) is 5.69 Å². The van der Waals surface area contributed by atoms with Crippen LogP contribution < -0.4 is 10.1 Å². The van der Waals surface area contributed by atoms with Crippen LogP contribution in [-0.2, 0) is 10.0 Å². The zero-order valence-corrected chi connectivity index (χ0v) is 17.2. The second-order valence-electron chi connectivity index (χ2n) is 5.61. The van der Waals surface area contributed by atoms with Crippen molar-refractivity contribution in [1.29, 1.82) is 0 Å². The summed E-state index contributed by atoms with van der Waals surface area (Å²) in [5.41, 5.74) is 0.831. The third-order valence-electron chi connectivity index (χ3n) is 3.99. The number of thiocarbonyl (C=S) groups is 1. The van der Waals surface area contributed by atoms with Gasteiger partial charge in [-0.15, -0.1) is 11.3 Å². The van der Waals surface area contributed by atoms with E-state index in [1.54, 1.807) is 19.2 Å². The summed E-state index contributed by atoms with van der Waals surface area (Å²) in [6, 6.07) is 10.6. The number of rotatable bonds is 4. The predicted molar refractivity (Wildman–Crippen MR) is 109 cm³/mol. The van der Waals surface area contributed by atoms with Crippen molar-refractivity contribution in [3.05, 3.63) is 40.7 Å². The third-order valence-corrected chi connectivity index (χ3v) is 7.95. The van der Waals surface area contributed by atoms with Gasteiger partial charge in [0.2, 0.25) is 0 Å². The van der Waals surface area contributed by atoms with Crippen LogP contribution in [0.2, 0.25) is 4.34 Å². The molecule has 1 aliphatic rings. The van der Waals surface area contributed by atoms with Gasteiger partial charge >= 0.3 is 0 Å². The van der Waals surface area contributed by atoms with E-state index in [9.17, 15) is 8.42 Å². The van der Waals surface area contributed by atoms with Gasteiger partial charge in [0.15, 0.2) is 5.11 Å². The van der Waals surface area contributed by atoms with Crippen LogP contribution in [0, 0.1) is 0 Å². The summed E-state index contributed by atoms with van der Waals surface area (Å²) in [4.78, 5) is 1.96. The first kappa shape index (κ1) is 19.4. The first-order chi connectivity index (χ1) is 12.4. The number of sulfonamides is 1. The molecular formula is C16H18ClN3O3S3. The van der Waals surface area contributed by atoms with E-state index in [1.165, 1.54) is 4.31 Å². The summed E-state index contributed by atoms with van der Waals surface area (Å²) in [6.45, 7) is 1.79. The second-order valence-corrected chi connectivity index (χ2v) is 9.88. The molecule has 1 N–H and O–H groups in total. The Labute approximate surface area is 167 Å². The lowest BCUT2D eigenvalue weighted by molar-refractivity contribution is 0.269. The van der Waals surface area contributed by atoms with Crippen molar-refractivity contribution in [2.45, 2.75) is 4.21 Å². The number of methoxy groups -OCH3 is 1. The molecule has 0 saturated carbocycles. The Balaban J connectivity index is 1.60. The lowest BCUT2D eigenvalue weighted by Crippen LogP contribution is -2.51. The summed E-state index contributed by atoms with van der Waals surface area (Å²) in [5, 5.41) is 3.73. The number of hydrogen-bond donors (Lipinski definition) is 1. The molecule has 0 radical (unpaired) electrons. The largest absolute Gasteiger partial charge is 0.497 e. The van der Waals surface area contributed by atoms with E-state index in [2.05, 4.69) is 5.32 Å². The molecule has 2 aromatic rings. The van der Waals surface area contributed by atoms with Crippen molar-refractivity contribution in [1.82, 2.24) is 9.21 Å². The van der Waals surface area contributed by atoms with E-state index in [4.69, 9.17) is 28.6 Å². The lowest BCUT2D eigenvalue weighted by atomic mass is 10.3. The molecule has 0 amide bonds. The molecule has 1 aliphatic heterocycles. The molecule has 140 valence electrons. The molecule has 0 aliphatic carbocycles. The van der Waals surface area contributed by atoms with E-state index >= 15 is 0 Å². The summed E-state index contributed by atoms with van der Waals surface area (Å²) in [5.74, 6) is 0.739. The van der Waals surface area contributed by atoms with Gasteiger partial charge in [-0.3, -0.25) is 0 Å². The van der Waals surface area contributed by atoms with Gasteiger partial charge in [-0.1, -0.05) is 17.7 Å². The highest BCUT2D eigenvalue weighted by molar-refractivity contribution is 7.91. The molecule has 0 unspecified atom stereocenters. The topological polar surface area (TPSA) is 61.9 Å². The second kappa shape index (κ2) is 8.10. The molecule has 1 aromatic carbocycles. The lowest BCUT2D eigenvalue weighted by Gasteiger charge is -2.35. The normalized spacial score (nSPS) is 15.7. The quantitative estimate of drug-likeness (QED) is 0.750. The van der Waals surface area contributed by atoms with Gasteiger partial charge < -0.3 is 15.0 Å². The fraction of sp³-hybridized carbons (Fsp3) is 0.312. The van der Waals surface area contributed by atoms with E-state index in [0.29, 0.717) is 35.6 Å². The van der Waals surface area contributed by atoms with E-state index < -0.39 is 10.0 Å². The first-order valence-electron chi connectivity index (χ1n) is 7.85. The van der Waals surface area contributed by atoms with Crippen molar-refractivity contribution in [3.8, 4) is 5.75 Å². The van der Waals surface area contributed by atoms with Crippen molar-refractivity contribution >= 4 is 56.0 Å². The maximum atomic E-state index is 12.6. The molecule has 6 nitrogen and oxygen atoms in total. The number of benzene rings is 1. The van der Waals surface area contributed by atoms with Crippen LogP contribution >= 0.6 is 35.2 Å². The molecule has 3 rings (SSSR count). The van der Waals surface area contributed by atoms with Crippen LogP contribution in [0.5, 0.6) is 5.75 Å². The summed E-state index contributed by atoms with van der Waals surface area (Å²) >= 11 is 12.4. The zero-order valence-electron chi connectivity index (χ0n) is 14.0. The maximum absolute atomic E-state index is 12.6. The Kier molecular flexibility index (Phi) is 6.03. The van der Waals surface area contributed by atoms with Gasteiger partial charge in [0.1, 0.15) is 9.96 Å². The molecule has 10 heteroatoms. The van der Waals surface area contributed by atoms with Crippen molar-refractivity contribution in [3.63, 3.8) is 0 Å². The van der Waals surface area contributed by atoms with Crippen LogP contribution in [0.1, 0.15) is 0 Å². The molecule has 2 heterocycles. The Bertz CT molecular complexity index is 893. The molecule has 0 spiro atoms. The zero-order chi connectivity index (χ0) is 18.7. The van der Waals surface area contributed by atoms with Gasteiger partial charge in [-0.05, 0) is 36.5 Å². The Morgan fingerprint density at radius 1 is 1.23 bits per heavy atom.